The third-order valence-corrected chi connectivity index (χ3v) is 4.88. The lowest BCUT2D eigenvalue weighted by Crippen LogP contribution is -2.46. The van der Waals surface area contributed by atoms with Crippen molar-refractivity contribution in [1.82, 2.24) is 10.2 Å². The van der Waals surface area contributed by atoms with Crippen molar-refractivity contribution >= 4 is 11.8 Å². The van der Waals surface area contributed by atoms with Crippen LogP contribution in [0.2, 0.25) is 0 Å². The fourth-order valence-electron chi connectivity index (χ4n) is 3.38. The van der Waals surface area contributed by atoms with Gasteiger partial charge >= 0.3 is 0 Å². The first kappa shape index (κ1) is 20.3. The van der Waals surface area contributed by atoms with E-state index in [9.17, 15) is 9.59 Å². The predicted octanol–water partition coefficient (Wildman–Crippen LogP) is 3.37. The Balaban J connectivity index is 1.63. The molecule has 1 saturated heterocycles. The van der Waals surface area contributed by atoms with Gasteiger partial charge in [0.25, 0.3) is 0 Å². The van der Waals surface area contributed by atoms with Crippen LogP contribution in [0.5, 0.6) is 5.75 Å². The van der Waals surface area contributed by atoms with Gasteiger partial charge in [-0.15, -0.1) is 0 Å². The Kier molecular flexibility index (Phi) is 7.95. The van der Waals surface area contributed by atoms with E-state index in [1.807, 2.05) is 43.9 Å². The number of benzene rings is 1. The van der Waals surface area contributed by atoms with Crippen LogP contribution in [-0.4, -0.2) is 42.5 Å². The van der Waals surface area contributed by atoms with E-state index in [0.29, 0.717) is 25.9 Å². The van der Waals surface area contributed by atoms with Crippen LogP contribution in [0.3, 0.4) is 0 Å². The van der Waals surface area contributed by atoms with Gasteiger partial charge in [0, 0.05) is 32.0 Å². The van der Waals surface area contributed by atoms with Crippen LogP contribution >= 0.6 is 0 Å². The molecule has 0 aromatic heterocycles. The summed E-state index contributed by atoms with van der Waals surface area (Å²) in [5.41, 5.74) is 2.25. The second-order valence-electron chi connectivity index (χ2n) is 7.15. The molecule has 144 valence electrons. The molecule has 2 amide bonds. The summed E-state index contributed by atoms with van der Waals surface area (Å²) in [4.78, 5) is 25.9. The van der Waals surface area contributed by atoms with Crippen molar-refractivity contribution in [2.24, 2.45) is 0 Å². The van der Waals surface area contributed by atoms with Crippen molar-refractivity contribution in [2.45, 2.75) is 65.3 Å². The molecule has 1 aliphatic rings. The molecule has 5 heteroatoms. The summed E-state index contributed by atoms with van der Waals surface area (Å²) >= 11 is 0. The topological polar surface area (TPSA) is 58.6 Å². The Morgan fingerprint density at radius 2 is 1.81 bits per heavy atom. The molecule has 1 heterocycles. The first-order valence-electron chi connectivity index (χ1n) is 9.77. The van der Waals surface area contributed by atoms with Gasteiger partial charge < -0.3 is 15.0 Å². The number of nitrogens with one attached hydrogen (secondary N) is 1. The minimum atomic E-state index is 0.0773. The Morgan fingerprint density at radius 1 is 1.15 bits per heavy atom. The van der Waals surface area contributed by atoms with Gasteiger partial charge in [0.05, 0.1) is 6.61 Å². The number of aryl methyl sites for hydroxylation is 2. The molecule has 5 nitrogen and oxygen atoms in total. The van der Waals surface area contributed by atoms with Crippen molar-refractivity contribution < 1.29 is 14.3 Å². The van der Waals surface area contributed by atoms with Crippen LogP contribution in [0.25, 0.3) is 0 Å². The Labute approximate surface area is 157 Å². The predicted molar refractivity (Wildman–Crippen MR) is 103 cm³/mol. The van der Waals surface area contributed by atoms with Gasteiger partial charge in [-0.3, -0.25) is 9.59 Å². The van der Waals surface area contributed by atoms with Gasteiger partial charge in [-0.25, -0.2) is 0 Å². The standard InChI is InChI=1S/C21H32N2O3/c1-4-7-20(25)23-13-11-18(12-14-23)22-19(24)10-6-15-26-21-16(2)8-5-9-17(21)3/h5,8-9,18H,4,6-7,10-15H2,1-3H3,(H,22,24). The van der Waals surface area contributed by atoms with E-state index in [0.717, 1.165) is 49.2 Å². The summed E-state index contributed by atoms with van der Waals surface area (Å²) < 4.78 is 5.85. The van der Waals surface area contributed by atoms with E-state index < -0.39 is 0 Å². The molecule has 0 aliphatic carbocycles. The number of carbonyl (C=O) groups is 2. The second kappa shape index (κ2) is 10.2. The number of rotatable bonds is 8. The Morgan fingerprint density at radius 3 is 2.42 bits per heavy atom. The molecule has 0 bridgehead atoms. The zero-order chi connectivity index (χ0) is 18.9. The number of carbonyl (C=O) groups excluding carboxylic acids is 2. The van der Waals surface area contributed by atoms with Gasteiger partial charge in [0.2, 0.25) is 11.8 Å². The zero-order valence-electron chi connectivity index (χ0n) is 16.3. The molecular formula is C21H32N2O3. The summed E-state index contributed by atoms with van der Waals surface area (Å²) in [5.74, 6) is 1.24. The molecule has 1 aromatic carbocycles. The molecule has 0 spiro atoms. The molecule has 1 fully saturated rings. The summed E-state index contributed by atoms with van der Waals surface area (Å²) in [5, 5.41) is 3.10. The smallest absolute Gasteiger partial charge is 0.222 e. The van der Waals surface area contributed by atoms with Crippen LogP contribution in [0, 0.1) is 13.8 Å². The van der Waals surface area contributed by atoms with Crippen molar-refractivity contribution in [3.63, 3.8) is 0 Å². The van der Waals surface area contributed by atoms with E-state index in [-0.39, 0.29) is 17.9 Å². The lowest BCUT2D eigenvalue weighted by atomic mass is 10.0. The summed E-state index contributed by atoms with van der Waals surface area (Å²) in [6.45, 7) is 8.14. The summed E-state index contributed by atoms with van der Waals surface area (Å²) in [7, 11) is 0. The highest BCUT2D eigenvalue weighted by molar-refractivity contribution is 5.77. The molecule has 0 unspecified atom stereocenters. The monoisotopic (exact) mass is 360 g/mol. The SMILES string of the molecule is CCCC(=O)N1CCC(NC(=O)CCCOc2c(C)cccc2C)CC1. The fourth-order valence-corrected chi connectivity index (χ4v) is 3.38. The Hall–Kier alpha value is -2.04. The van der Waals surface area contributed by atoms with Gasteiger partial charge in [-0.2, -0.15) is 0 Å². The Bertz CT molecular complexity index is 587. The van der Waals surface area contributed by atoms with Gasteiger partial charge in [0.15, 0.2) is 0 Å². The molecule has 1 aliphatic heterocycles. The van der Waals surface area contributed by atoms with Gasteiger partial charge in [-0.05, 0) is 50.7 Å². The average molecular weight is 360 g/mol. The number of nitrogens with zero attached hydrogens (tertiary/aromatic N) is 1. The van der Waals surface area contributed by atoms with E-state index in [2.05, 4.69) is 5.32 Å². The van der Waals surface area contributed by atoms with Crippen molar-refractivity contribution in [2.75, 3.05) is 19.7 Å². The van der Waals surface area contributed by atoms with E-state index in [1.54, 1.807) is 0 Å². The van der Waals surface area contributed by atoms with E-state index in [4.69, 9.17) is 4.74 Å². The van der Waals surface area contributed by atoms with Gasteiger partial charge in [0.1, 0.15) is 5.75 Å². The maximum Gasteiger partial charge on any atom is 0.222 e. The normalized spacial score (nSPS) is 15.0. The quantitative estimate of drug-likeness (QED) is 0.723. The van der Waals surface area contributed by atoms with E-state index >= 15 is 0 Å². The molecule has 0 saturated carbocycles. The molecule has 2 rings (SSSR count). The number of piperidine rings is 1. The largest absolute Gasteiger partial charge is 0.493 e. The van der Waals surface area contributed by atoms with Crippen LogP contribution < -0.4 is 10.1 Å². The molecule has 0 atom stereocenters. The van der Waals surface area contributed by atoms with E-state index in [1.165, 1.54) is 0 Å². The molecule has 1 N–H and O–H groups in total. The summed E-state index contributed by atoms with van der Waals surface area (Å²) in [6, 6.07) is 6.28. The molecule has 1 aromatic rings. The maximum atomic E-state index is 12.1. The maximum absolute atomic E-state index is 12.1. The fraction of sp³-hybridized carbons (Fsp3) is 0.619. The number of hydrogen-bond acceptors (Lipinski definition) is 3. The number of likely N-dealkylation sites (tertiary alicyclic amines) is 1. The second-order valence-corrected chi connectivity index (χ2v) is 7.15. The number of ether oxygens (including phenoxy) is 1. The van der Waals surface area contributed by atoms with Crippen LogP contribution in [-0.2, 0) is 9.59 Å². The van der Waals surface area contributed by atoms with Crippen LogP contribution in [0.15, 0.2) is 18.2 Å². The molecule has 0 radical (unpaired) electrons. The van der Waals surface area contributed by atoms with Crippen molar-refractivity contribution in [1.29, 1.82) is 0 Å². The van der Waals surface area contributed by atoms with Gasteiger partial charge in [-0.1, -0.05) is 25.1 Å². The first-order valence-corrected chi connectivity index (χ1v) is 9.77. The minimum Gasteiger partial charge on any atom is -0.493 e. The number of para-hydroxylation sites is 1. The lowest BCUT2D eigenvalue weighted by Gasteiger charge is -2.32. The highest BCUT2D eigenvalue weighted by atomic mass is 16.5. The minimum absolute atomic E-state index is 0.0773. The highest BCUT2D eigenvalue weighted by Crippen LogP contribution is 2.22. The first-order chi connectivity index (χ1) is 12.5. The molecule has 26 heavy (non-hydrogen) atoms. The lowest BCUT2D eigenvalue weighted by molar-refractivity contribution is -0.132. The summed E-state index contributed by atoms with van der Waals surface area (Å²) in [6.07, 6.45) is 4.38. The third kappa shape index (κ3) is 6.04. The van der Waals surface area contributed by atoms with Crippen molar-refractivity contribution in [3.8, 4) is 5.75 Å². The van der Waals surface area contributed by atoms with Crippen LogP contribution in [0.1, 0.15) is 56.6 Å². The highest BCUT2D eigenvalue weighted by Gasteiger charge is 2.23. The number of amides is 2. The average Bonchev–Trinajstić information content (AvgIpc) is 2.61. The van der Waals surface area contributed by atoms with Crippen molar-refractivity contribution in [3.05, 3.63) is 29.3 Å². The third-order valence-electron chi connectivity index (χ3n) is 4.88. The number of hydrogen-bond donors (Lipinski definition) is 1. The van der Waals surface area contributed by atoms with Crippen LogP contribution in [0.4, 0.5) is 0 Å². The zero-order valence-corrected chi connectivity index (χ0v) is 16.3. The molecular weight excluding hydrogens is 328 g/mol.